The first-order valence-corrected chi connectivity index (χ1v) is 7.54. The minimum absolute atomic E-state index is 0.0742. The van der Waals surface area contributed by atoms with Crippen molar-refractivity contribution in [1.82, 2.24) is 0 Å². The Labute approximate surface area is 126 Å². The van der Waals surface area contributed by atoms with Crippen LogP contribution in [-0.4, -0.2) is 13.3 Å². The number of hydrogen-bond donors (Lipinski definition) is 0. The number of benzene rings is 2. The second-order valence-electron chi connectivity index (χ2n) is 4.20. The van der Waals surface area contributed by atoms with Gasteiger partial charge in [-0.25, -0.2) is 0 Å². The van der Waals surface area contributed by atoms with Gasteiger partial charge in [0.05, 0.1) is 9.95 Å². The summed E-state index contributed by atoms with van der Waals surface area (Å²) in [6.07, 6.45) is 0. The second-order valence-corrected chi connectivity index (χ2v) is 6.12. The van der Waals surface area contributed by atoms with Gasteiger partial charge in [-0.1, -0.05) is 29.8 Å². The Morgan fingerprint density at radius 2 is 1.86 bits per heavy atom. The molecule has 0 N–H and O–H groups in total. The summed E-state index contributed by atoms with van der Waals surface area (Å²) in [5.74, 6) is -0.0742. The average Bonchev–Trinajstić information content (AvgIpc) is 2.42. The Balaban J connectivity index is 2.49. The molecule has 0 saturated heterocycles. The Bertz CT molecular complexity index is 804. The molecule has 0 bridgehead atoms. The number of aryl methyl sites for hydroxylation is 1. The van der Waals surface area contributed by atoms with Crippen LogP contribution in [0.1, 0.15) is 5.56 Å². The SMILES string of the molecule is Cc1ccc(Cl)c(OS(=O)(=O)c2ccccc2[N+](=O)[O-])c1. The molecule has 110 valence electrons. The number of rotatable bonds is 4. The van der Waals surface area contributed by atoms with Crippen molar-refractivity contribution in [3.05, 3.63) is 63.2 Å². The number of nitrogens with zero attached hydrogens (tertiary/aromatic N) is 1. The lowest BCUT2D eigenvalue weighted by atomic mass is 10.2. The fourth-order valence-corrected chi connectivity index (χ4v) is 2.97. The van der Waals surface area contributed by atoms with E-state index in [9.17, 15) is 18.5 Å². The third-order valence-electron chi connectivity index (χ3n) is 2.62. The van der Waals surface area contributed by atoms with Crippen LogP contribution in [0.2, 0.25) is 5.02 Å². The van der Waals surface area contributed by atoms with E-state index in [0.29, 0.717) is 0 Å². The van der Waals surface area contributed by atoms with Gasteiger partial charge in [0.1, 0.15) is 0 Å². The Kier molecular flexibility index (Phi) is 4.15. The predicted octanol–water partition coefficient (Wildman–Crippen LogP) is 3.32. The van der Waals surface area contributed by atoms with Crippen molar-refractivity contribution in [1.29, 1.82) is 0 Å². The standard InChI is InChI=1S/C13H10ClNO5S/c1-9-6-7-10(14)12(8-9)20-21(18,19)13-5-3-2-4-11(13)15(16)17/h2-8H,1H3. The summed E-state index contributed by atoms with van der Waals surface area (Å²) in [7, 11) is -4.35. The molecular weight excluding hydrogens is 318 g/mol. The summed E-state index contributed by atoms with van der Waals surface area (Å²) in [5.41, 5.74) is 0.188. The molecule has 0 heterocycles. The van der Waals surface area contributed by atoms with Gasteiger partial charge in [0.25, 0.3) is 5.69 Å². The molecule has 0 aromatic heterocycles. The number of nitro benzene ring substituents is 1. The first-order valence-electron chi connectivity index (χ1n) is 5.75. The number of para-hydroxylation sites is 1. The van der Waals surface area contributed by atoms with Gasteiger partial charge in [-0.2, -0.15) is 8.42 Å². The molecule has 0 aliphatic carbocycles. The molecule has 0 aliphatic heterocycles. The summed E-state index contributed by atoms with van der Waals surface area (Å²) in [4.78, 5) is 9.60. The van der Waals surface area contributed by atoms with Crippen LogP contribution in [-0.2, 0) is 10.1 Å². The molecule has 0 aliphatic rings. The first kappa shape index (κ1) is 15.3. The molecule has 0 radical (unpaired) electrons. The zero-order valence-electron chi connectivity index (χ0n) is 10.8. The van der Waals surface area contributed by atoms with Crippen molar-refractivity contribution in [2.24, 2.45) is 0 Å². The average molecular weight is 328 g/mol. The molecule has 2 aromatic rings. The molecule has 8 heteroatoms. The van der Waals surface area contributed by atoms with Crippen LogP contribution in [0.5, 0.6) is 5.75 Å². The molecule has 21 heavy (non-hydrogen) atoms. The second kappa shape index (κ2) is 5.71. The zero-order valence-corrected chi connectivity index (χ0v) is 12.4. The van der Waals surface area contributed by atoms with Crippen LogP contribution in [0.3, 0.4) is 0 Å². The topological polar surface area (TPSA) is 86.5 Å². The van der Waals surface area contributed by atoms with E-state index >= 15 is 0 Å². The lowest BCUT2D eigenvalue weighted by molar-refractivity contribution is -0.387. The maximum atomic E-state index is 12.2. The monoisotopic (exact) mass is 327 g/mol. The van der Waals surface area contributed by atoms with E-state index in [1.165, 1.54) is 24.3 Å². The maximum absolute atomic E-state index is 12.2. The van der Waals surface area contributed by atoms with Crippen LogP contribution in [0.4, 0.5) is 5.69 Å². The lowest BCUT2D eigenvalue weighted by Crippen LogP contribution is -2.12. The molecule has 0 spiro atoms. The van der Waals surface area contributed by atoms with Crippen molar-refractivity contribution in [3.63, 3.8) is 0 Å². The van der Waals surface area contributed by atoms with Crippen molar-refractivity contribution >= 4 is 27.4 Å². The first-order chi connectivity index (χ1) is 9.81. The summed E-state index contributed by atoms with van der Waals surface area (Å²) in [5, 5.41) is 11.0. The fraction of sp³-hybridized carbons (Fsp3) is 0.0769. The van der Waals surface area contributed by atoms with Crippen molar-refractivity contribution in [2.75, 3.05) is 0 Å². The van der Waals surface area contributed by atoms with Gasteiger partial charge < -0.3 is 4.18 Å². The lowest BCUT2D eigenvalue weighted by Gasteiger charge is -2.09. The summed E-state index contributed by atoms with van der Waals surface area (Å²) in [6, 6.07) is 9.56. The van der Waals surface area contributed by atoms with Crippen LogP contribution < -0.4 is 4.18 Å². The van der Waals surface area contributed by atoms with Crippen molar-refractivity contribution in [2.45, 2.75) is 11.8 Å². The van der Waals surface area contributed by atoms with Crippen molar-refractivity contribution < 1.29 is 17.5 Å². The maximum Gasteiger partial charge on any atom is 0.346 e. The molecule has 0 fully saturated rings. The normalized spacial score (nSPS) is 11.1. The third kappa shape index (κ3) is 3.32. The highest BCUT2D eigenvalue weighted by atomic mass is 35.5. The zero-order chi connectivity index (χ0) is 15.6. The van der Waals surface area contributed by atoms with E-state index in [2.05, 4.69) is 0 Å². The van der Waals surface area contributed by atoms with Crippen LogP contribution in [0.25, 0.3) is 0 Å². The van der Waals surface area contributed by atoms with Gasteiger partial charge in [0.2, 0.25) is 0 Å². The third-order valence-corrected chi connectivity index (χ3v) is 4.21. The Hall–Kier alpha value is -2.12. The van der Waals surface area contributed by atoms with E-state index in [-0.39, 0.29) is 10.8 Å². The van der Waals surface area contributed by atoms with E-state index in [1.54, 1.807) is 13.0 Å². The summed E-state index contributed by atoms with van der Waals surface area (Å²) < 4.78 is 29.3. The predicted molar refractivity (Wildman–Crippen MR) is 77.1 cm³/mol. The van der Waals surface area contributed by atoms with Crippen LogP contribution >= 0.6 is 11.6 Å². The van der Waals surface area contributed by atoms with Gasteiger partial charge in [0.15, 0.2) is 10.6 Å². The smallest absolute Gasteiger partial charge is 0.346 e. The fourth-order valence-electron chi connectivity index (χ4n) is 1.66. The molecule has 0 unspecified atom stereocenters. The Morgan fingerprint density at radius 3 is 2.52 bits per heavy atom. The molecule has 0 atom stereocenters. The summed E-state index contributed by atoms with van der Waals surface area (Å²) in [6.45, 7) is 1.74. The van der Waals surface area contributed by atoms with Gasteiger partial charge in [-0.05, 0) is 30.7 Å². The van der Waals surface area contributed by atoms with Gasteiger partial charge >= 0.3 is 10.1 Å². The van der Waals surface area contributed by atoms with Gasteiger partial charge in [-0.15, -0.1) is 0 Å². The Morgan fingerprint density at radius 1 is 1.19 bits per heavy atom. The quantitative estimate of drug-likeness (QED) is 0.488. The number of nitro groups is 1. The van der Waals surface area contributed by atoms with Crippen molar-refractivity contribution in [3.8, 4) is 5.75 Å². The largest absolute Gasteiger partial charge is 0.377 e. The molecular formula is C13H10ClNO5S. The van der Waals surface area contributed by atoms with Gasteiger partial charge in [-0.3, -0.25) is 10.1 Å². The summed E-state index contributed by atoms with van der Waals surface area (Å²) >= 11 is 5.87. The van der Waals surface area contributed by atoms with Crippen LogP contribution in [0.15, 0.2) is 47.4 Å². The molecule has 2 rings (SSSR count). The molecule has 6 nitrogen and oxygen atoms in total. The number of hydrogen-bond acceptors (Lipinski definition) is 5. The van der Waals surface area contributed by atoms with Crippen LogP contribution in [0, 0.1) is 17.0 Å². The molecule has 0 amide bonds. The van der Waals surface area contributed by atoms with E-state index in [1.807, 2.05) is 0 Å². The highest BCUT2D eigenvalue weighted by molar-refractivity contribution is 7.87. The van der Waals surface area contributed by atoms with Gasteiger partial charge in [0, 0.05) is 6.07 Å². The highest BCUT2D eigenvalue weighted by Gasteiger charge is 2.27. The highest BCUT2D eigenvalue weighted by Crippen LogP contribution is 2.31. The minimum atomic E-state index is -4.35. The van der Waals surface area contributed by atoms with E-state index in [4.69, 9.17) is 15.8 Å². The number of halogens is 1. The minimum Gasteiger partial charge on any atom is -0.377 e. The van der Waals surface area contributed by atoms with E-state index < -0.39 is 25.6 Å². The molecule has 0 saturated carbocycles. The molecule has 2 aromatic carbocycles. The van der Waals surface area contributed by atoms with E-state index in [0.717, 1.165) is 17.7 Å².